The highest BCUT2D eigenvalue weighted by Crippen LogP contribution is 2.22. The van der Waals surface area contributed by atoms with E-state index in [1.165, 1.54) is 0 Å². The lowest BCUT2D eigenvalue weighted by Gasteiger charge is -2.21. The van der Waals surface area contributed by atoms with Crippen LogP contribution in [0.25, 0.3) is 0 Å². The van der Waals surface area contributed by atoms with Crippen molar-refractivity contribution in [3.05, 3.63) is 24.0 Å². The summed E-state index contributed by atoms with van der Waals surface area (Å²) in [4.78, 5) is 13.6. The van der Waals surface area contributed by atoms with E-state index in [2.05, 4.69) is 10.3 Å². The van der Waals surface area contributed by atoms with Crippen LogP contribution in [0.3, 0.4) is 0 Å². The maximum atomic E-state index is 10.6. The second-order valence-corrected chi connectivity index (χ2v) is 3.47. The molecule has 3 N–H and O–H groups in total. The van der Waals surface area contributed by atoms with Gasteiger partial charge in [0.25, 0.3) is 0 Å². The zero-order valence-electron chi connectivity index (χ0n) is 8.45. The third-order valence-corrected chi connectivity index (χ3v) is 2.33. The Labute approximate surface area is 83.3 Å². The Morgan fingerprint density at radius 3 is 2.86 bits per heavy atom. The molecule has 0 amide bonds. The van der Waals surface area contributed by atoms with Crippen LogP contribution in [0.5, 0.6) is 0 Å². The number of aliphatic carboxylic acids is 1. The summed E-state index contributed by atoms with van der Waals surface area (Å²) in [6.07, 6.45) is 2.01. The molecular weight excluding hydrogens is 180 g/mol. The van der Waals surface area contributed by atoms with Gasteiger partial charge in [-0.15, -0.1) is 0 Å². The first-order valence-corrected chi connectivity index (χ1v) is 4.67. The maximum Gasteiger partial charge on any atom is 0.303 e. The van der Waals surface area contributed by atoms with Crippen LogP contribution in [0.1, 0.15) is 25.1 Å². The summed E-state index contributed by atoms with van der Waals surface area (Å²) >= 11 is 0. The van der Waals surface area contributed by atoms with E-state index in [0.717, 1.165) is 5.69 Å². The lowest BCUT2D eigenvalue weighted by molar-refractivity contribution is -0.138. The van der Waals surface area contributed by atoms with Gasteiger partial charge in [0.15, 0.2) is 0 Å². The Balaban J connectivity index is 2.67. The SMILES string of the molecule is CNC(c1ccc[nH]1)C(C)CC(=O)O. The van der Waals surface area contributed by atoms with Crippen molar-refractivity contribution < 1.29 is 9.90 Å². The molecule has 4 nitrogen and oxygen atoms in total. The molecule has 2 atom stereocenters. The lowest BCUT2D eigenvalue weighted by Crippen LogP contribution is -2.25. The summed E-state index contributed by atoms with van der Waals surface area (Å²) in [7, 11) is 1.84. The Morgan fingerprint density at radius 2 is 2.43 bits per heavy atom. The molecule has 0 spiro atoms. The average molecular weight is 196 g/mol. The maximum absolute atomic E-state index is 10.6. The van der Waals surface area contributed by atoms with Crippen LogP contribution < -0.4 is 5.32 Å². The van der Waals surface area contributed by atoms with E-state index in [1.807, 2.05) is 32.3 Å². The fourth-order valence-electron chi connectivity index (χ4n) is 1.68. The topological polar surface area (TPSA) is 65.1 Å². The highest BCUT2D eigenvalue weighted by Gasteiger charge is 2.20. The third-order valence-electron chi connectivity index (χ3n) is 2.33. The van der Waals surface area contributed by atoms with Crippen LogP contribution in [0.15, 0.2) is 18.3 Å². The zero-order chi connectivity index (χ0) is 10.6. The molecule has 0 saturated heterocycles. The Hall–Kier alpha value is -1.29. The number of carboxylic acids is 1. The summed E-state index contributed by atoms with van der Waals surface area (Å²) in [5, 5.41) is 11.8. The highest BCUT2D eigenvalue weighted by molar-refractivity contribution is 5.67. The van der Waals surface area contributed by atoms with Crippen LogP contribution in [0, 0.1) is 5.92 Å². The van der Waals surface area contributed by atoms with Gasteiger partial charge in [0, 0.05) is 18.3 Å². The van der Waals surface area contributed by atoms with Crippen LogP contribution in [0.2, 0.25) is 0 Å². The summed E-state index contributed by atoms with van der Waals surface area (Å²) in [5.41, 5.74) is 1.03. The van der Waals surface area contributed by atoms with Crippen molar-refractivity contribution in [1.29, 1.82) is 0 Å². The number of hydrogen-bond donors (Lipinski definition) is 3. The summed E-state index contributed by atoms with van der Waals surface area (Å²) < 4.78 is 0. The van der Waals surface area contributed by atoms with E-state index in [0.29, 0.717) is 0 Å². The fourth-order valence-corrected chi connectivity index (χ4v) is 1.68. The predicted molar refractivity (Wildman–Crippen MR) is 54.0 cm³/mol. The largest absolute Gasteiger partial charge is 0.481 e. The molecule has 14 heavy (non-hydrogen) atoms. The van der Waals surface area contributed by atoms with E-state index in [9.17, 15) is 4.79 Å². The van der Waals surface area contributed by atoms with Crippen molar-refractivity contribution in [2.24, 2.45) is 5.92 Å². The predicted octanol–water partition coefficient (Wildman–Crippen LogP) is 1.39. The van der Waals surface area contributed by atoms with E-state index >= 15 is 0 Å². The van der Waals surface area contributed by atoms with Gasteiger partial charge in [-0.3, -0.25) is 4.79 Å². The number of hydrogen-bond acceptors (Lipinski definition) is 2. The Morgan fingerprint density at radius 1 is 1.71 bits per heavy atom. The van der Waals surface area contributed by atoms with Crippen LogP contribution >= 0.6 is 0 Å². The van der Waals surface area contributed by atoms with Gasteiger partial charge in [0.05, 0.1) is 6.04 Å². The first-order valence-electron chi connectivity index (χ1n) is 4.67. The molecule has 0 fully saturated rings. The second kappa shape index (κ2) is 4.81. The first kappa shape index (κ1) is 10.8. The molecule has 0 saturated carbocycles. The molecule has 0 aromatic carbocycles. The first-order chi connectivity index (χ1) is 6.65. The summed E-state index contributed by atoms with van der Waals surface area (Å²) in [6.45, 7) is 1.93. The summed E-state index contributed by atoms with van der Waals surface area (Å²) in [6, 6.07) is 3.94. The molecule has 1 aromatic heterocycles. The van der Waals surface area contributed by atoms with Crippen molar-refractivity contribution in [2.45, 2.75) is 19.4 Å². The van der Waals surface area contributed by atoms with Gasteiger partial charge in [0.2, 0.25) is 0 Å². The van der Waals surface area contributed by atoms with Gasteiger partial charge in [-0.2, -0.15) is 0 Å². The number of H-pyrrole nitrogens is 1. The van der Waals surface area contributed by atoms with Crippen molar-refractivity contribution in [1.82, 2.24) is 10.3 Å². The zero-order valence-corrected chi connectivity index (χ0v) is 8.45. The molecule has 0 aliphatic heterocycles. The average Bonchev–Trinajstić information content (AvgIpc) is 2.57. The monoisotopic (exact) mass is 196 g/mol. The van der Waals surface area contributed by atoms with Crippen molar-refractivity contribution in [3.63, 3.8) is 0 Å². The Bertz CT molecular complexity index is 282. The number of carbonyl (C=O) groups is 1. The number of nitrogens with one attached hydrogen (secondary N) is 2. The number of carboxylic acid groups (broad SMARTS) is 1. The minimum absolute atomic E-state index is 0.0659. The molecule has 4 heteroatoms. The number of aromatic nitrogens is 1. The van der Waals surface area contributed by atoms with E-state index in [-0.39, 0.29) is 18.4 Å². The molecule has 0 aliphatic rings. The highest BCUT2D eigenvalue weighted by atomic mass is 16.4. The smallest absolute Gasteiger partial charge is 0.303 e. The van der Waals surface area contributed by atoms with Crippen molar-refractivity contribution in [2.75, 3.05) is 7.05 Å². The van der Waals surface area contributed by atoms with Crippen LogP contribution in [-0.4, -0.2) is 23.1 Å². The van der Waals surface area contributed by atoms with Gasteiger partial charge in [-0.25, -0.2) is 0 Å². The van der Waals surface area contributed by atoms with Gasteiger partial charge in [-0.1, -0.05) is 6.92 Å². The van der Waals surface area contributed by atoms with E-state index in [1.54, 1.807) is 0 Å². The molecule has 0 bridgehead atoms. The fraction of sp³-hybridized carbons (Fsp3) is 0.500. The minimum atomic E-state index is -0.760. The summed E-state index contributed by atoms with van der Waals surface area (Å²) in [5.74, 6) is -0.694. The van der Waals surface area contributed by atoms with Gasteiger partial charge in [-0.05, 0) is 25.1 Å². The number of aromatic amines is 1. The third kappa shape index (κ3) is 2.60. The Kier molecular flexibility index (Phi) is 3.71. The van der Waals surface area contributed by atoms with Gasteiger partial charge in [0.1, 0.15) is 0 Å². The molecule has 1 aromatic rings. The molecular formula is C10H16N2O2. The lowest BCUT2D eigenvalue weighted by atomic mass is 9.96. The van der Waals surface area contributed by atoms with Crippen LogP contribution in [0.4, 0.5) is 0 Å². The molecule has 1 heterocycles. The van der Waals surface area contributed by atoms with Gasteiger partial charge < -0.3 is 15.4 Å². The molecule has 0 radical (unpaired) electrons. The second-order valence-electron chi connectivity index (χ2n) is 3.47. The quantitative estimate of drug-likeness (QED) is 0.666. The number of rotatable bonds is 5. The normalized spacial score (nSPS) is 15.0. The van der Waals surface area contributed by atoms with Crippen LogP contribution in [-0.2, 0) is 4.79 Å². The minimum Gasteiger partial charge on any atom is -0.481 e. The van der Waals surface area contributed by atoms with Gasteiger partial charge >= 0.3 is 5.97 Å². The van der Waals surface area contributed by atoms with E-state index in [4.69, 9.17) is 5.11 Å². The van der Waals surface area contributed by atoms with E-state index < -0.39 is 5.97 Å². The van der Waals surface area contributed by atoms with Crippen molar-refractivity contribution >= 4 is 5.97 Å². The molecule has 0 aliphatic carbocycles. The molecule has 2 unspecified atom stereocenters. The standard InChI is InChI=1S/C10H16N2O2/c1-7(6-9(13)14)10(11-2)8-4-3-5-12-8/h3-5,7,10-12H,6H2,1-2H3,(H,13,14). The molecule has 78 valence electrons. The molecule has 1 rings (SSSR count). The van der Waals surface area contributed by atoms with Crippen molar-refractivity contribution in [3.8, 4) is 0 Å².